The Kier molecular flexibility index (Phi) is 4.29. The molecule has 3 rings (SSSR count). The number of carboxylic acids is 1. The Labute approximate surface area is 127 Å². The van der Waals surface area contributed by atoms with Crippen LogP contribution in [0, 0.1) is 12.8 Å². The lowest BCUT2D eigenvalue weighted by molar-refractivity contribution is -0.148. The Morgan fingerprint density at radius 2 is 2.05 bits per heavy atom. The molecule has 0 amide bonds. The van der Waals surface area contributed by atoms with E-state index in [-0.39, 0.29) is 6.04 Å². The zero-order valence-corrected chi connectivity index (χ0v) is 12.8. The highest BCUT2D eigenvalue weighted by atomic mass is 16.4. The molecule has 1 aromatic carbocycles. The molecule has 1 N–H and O–H groups in total. The molecule has 1 aliphatic heterocycles. The molecule has 1 aliphatic carbocycles. The van der Waals surface area contributed by atoms with Crippen molar-refractivity contribution in [3.05, 3.63) is 35.4 Å². The third-order valence-corrected chi connectivity index (χ3v) is 5.24. The SMILES string of the molecule is Cc1cccc(CN2C(C(=O)O)CCC3CCCCC32)c1. The highest BCUT2D eigenvalue weighted by molar-refractivity contribution is 5.73. The normalized spacial score (nSPS) is 29.9. The largest absolute Gasteiger partial charge is 0.480 e. The van der Waals surface area contributed by atoms with Gasteiger partial charge in [0.25, 0.3) is 0 Å². The molecule has 1 saturated heterocycles. The summed E-state index contributed by atoms with van der Waals surface area (Å²) in [5, 5.41) is 9.59. The number of rotatable bonds is 3. The molecule has 0 radical (unpaired) electrons. The second kappa shape index (κ2) is 6.18. The number of hydrogen-bond acceptors (Lipinski definition) is 2. The quantitative estimate of drug-likeness (QED) is 0.923. The lowest BCUT2D eigenvalue weighted by Gasteiger charge is -2.47. The molecule has 3 atom stereocenters. The predicted octanol–water partition coefficient (Wildman–Crippen LogP) is 3.60. The van der Waals surface area contributed by atoms with Gasteiger partial charge < -0.3 is 5.11 Å². The van der Waals surface area contributed by atoms with Gasteiger partial charge >= 0.3 is 5.97 Å². The summed E-state index contributed by atoms with van der Waals surface area (Å²) in [4.78, 5) is 13.9. The number of piperidine rings is 1. The maximum atomic E-state index is 11.7. The highest BCUT2D eigenvalue weighted by Crippen LogP contribution is 2.38. The van der Waals surface area contributed by atoms with Crippen LogP contribution in [0.25, 0.3) is 0 Å². The first-order valence-corrected chi connectivity index (χ1v) is 8.19. The number of likely N-dealkylation sites (tertiary alicyclic amines) is 1. The third kappa shape index (κ3) is 3.13. The van der Waals surface area contributed by atoms with Gasteiger partial charge in [-0.15, -0.1) is 0 Å². The van der Waals surface area contributed by atoms with E-state index in [9.17, 15) is 9.90 Å². The van der Waals surface area contributed by atoms with Crippen molar-refractivity contribution in [1.29, 1.82) is 0 Å². The fourth-order valence-electron chi connectivity index (χ4n) is 4.24. The highest BCUT2D eigenvalue weighted by Gasteiger charge is 2.41. The summed E-state index contributed by atoms with van der Waals surface area (Å²) in [6.45, 7) is 2.87. The average Bonchev–Trinajstić information content (AvgIpc) is 2.47. The molecule has 0 aromatic heterocycles. The number of fused-ring (bicyclic) bond motifs is 1. The first-order valence-electron chi connectivity index (χ1n) is 8.19. The minimum atomic E-state index is -0.647. The van der Waals surface area contributed by atoms with Gasteiger partial charge in [-0.2, -0.15) is 0 Å². The lowest BCUT2D eigenvalue weighted by Crippen LogP contribution is -2.54. The molecule has 0 spiro atoms. The lowest BCUT2D eigenvalue weighted by atomic mass is 9.76. The van der Waals surface area contributed by atoms with Crippen LogP contribution in [0.5, 0.6) is 0 Å². The van der Waals surface area contributed by atoms with Crippen molar-refractivity contribution in [3.63, 3.8) is 0 Å². The minimum absolute atomic E-state index is 0.301. The van der Waals surface area contributed by atoms with Gasteiger partial charge in [-0.05, 0) is 44.1 Å². The van der Waals surface area contributed by atoms with E-state index < -0.39 is 5.97 Å². The number of benzene rings is 1. The molecule has 3 nitrogen and oxygen atoms in total. The maximum absolute atomic E-state index is 11.7. The number of carboxylic acid groups (broad SMARTS) is 1. The smallest absolute Gasteiger partial charge is 0.320 e. The molecular formula is C18H25NO2. The molecule has 1 heterocycles. The summed E-state index contributed by atoms with van der Waals surface area (Å²) in [5.74, 6) is 0.0610. The maximum Gasteiger partial charge on any atom is 0.320 e. The predicted molar refractivity (Wildman–Crippen MR) is 83.1 cm³/mol. The van der Waals surface area contributed by atoms with Crippen LogP contribution < -0.4 is 0 Å². The van der Waals surface area contributed by atoms with Crippen molar-refractivity contribution in [2.24, 2.45) is 5.92 Å². The second-order valence-corrected chi connectivity index (χ2v) is 6.70. The summed E-state index contributed by atoms with van der Waals surface area (Å²) in [6.07, 6.45) is 6.91. The van der Waals surface area contributed by atoms with E-state index in [2.05, 4.69) is 36.1 Å². The number of nitrogens with zero attached hydrogens (tertiary/aromatic N) is 1. The van der Waals surface area contributed by atoms with E-state index in [1.807, 2.05) is 0 Å². The van der Waals surface area contributed by atoms with Gasteiger partial charge in [0.1, 0.15) is 6.04 Å². The summed E-state index contributed by atoms with van der Waals surface area (Å²) in [5.41, 5.74) is 2.49. The van der Waals surface area contributed by atoms with E-state index in [0.717, 1.165) is 19.4 Å². The van der Waals surface area contributed by atoms with Crippen molar-refractivity contribution in [2.75, 3.05) is 0 Å². The average molecular weight is 287 g/mol. The molecule has 2 fully saturated rings. The first kappa shape index (κ1) is 14.6. The summed E-state index contributed by atoms with van der Waals surface area (Å²) >= 11 is 0. The van der Waals surface area contributed by atoms with Crippen LogP contribution in [-0.2, 0) is 11.3 Å². The van der Waals surface area contributed by atoms with E-state index in [4.69, 9.17) is 0 Å². The standard InChI is InChI=1S/C18H25NO2/c1-13-5-4-6-14(11-13)12-19-16-8-3-2-7-15(16)9-10-17(19)18(20)21/h4-6,11,15-17H,2-3,7-10,12H2,1H3,(H,20,21). The van der Waals surface area contributed by atoms with E-state index in [1.165, 1.54) is 36.8 Å². The Balaban J connectivity index is 1.83. The number of hydrogen-bond donors (Lipinski definition) is 1. The monoisotopic (exact) mass is 287 g/mol. The second-order valence-electron chi connectivity index (χ2n) is 6.70. The van der Waals surface area contributed by atoms with Crippen LogP contribution >= 0.6 is 0 Å². The van der Waals surface area contributed by atoms with Crippen molar-refractivity contribution in [3.8, 4) is 0 Å². The molecule has 21 heavy (non-hydrogen) atoms. The van der Waals surface area contributed by atoms with Crippen LogP contribution in [0.2, 0.25) is 0 Å². The van der Waals surface area contributed by atoms with Gasteiger partial charge in [-0.3, -0.25) is 9.69 Å². The van der Waals surface area contributed by atoms with E-state index in [0.29, 0.717) is 12.0 Å². The van der Waals surface area contributed by atoms with Crippen molar-refractivity contribution in [2.45, 2.75) is 64.1 Å². The van der Waals surface area contributed by atoms with Crippen LogP contribution in [0.3, 0.4) is 0 Å². The molecule has 3 unspecified atom stereocenters. The molecule has 114 valence electrons. The zero-order valence-electron chi connectivity index (χ0n) is 12.8. The topological polar surface area (TPSA) is 40.5 Å². The van der Waals surface area contributed by atoms with Gasteiger partial charge in [0.05, 0.1) is 0 Å². The zero-order chi connectivity index (χ0) is 14.8. The molecule has 3 heteroatoms. The van der Waals surface area contributed by atoms with Crippen LogP contribution in [0.15, 0.2) is 24.3 Å². The Hall–Kier alpha value is -1.35. The summed E-state index contributed by atoms with van der Waals surface area (Å²) < 4.78 is 0. The van der Waals surface area contributed by atoms with Gasteiger partial charge in [0.15, 0.2) is 0 Å². The van der Waals surface area contributed by atoms with E-state index >= 15 is 0 Å². The fraction of sp³-hybridized carbons (Fsp3) is 0.611. The van der Waals surface area contributed by atoms with Crippen molar-refractivity contribution < 1.29 is 9.90 Å². The van der Waals surface area contributed by atoms with Gasteiger partial charge in [-0.1, -0.05) is 42.7 Å². The van der Waals surface area contributed by atoms with Crippen LogP contribution in [0.4, 0.5) is 0 Å². The summed E-state index contributed by atoms with van der Waals surface area (Å²) in [6, 6.07) is 8.64. The molecule has 2 aliphatic rings. The fourth-order valence-corrected chi connectivity index (χ4v) is 4.24. The molecular weight excluding hydrogens is 262 g/mol. The van der Waals surface area contributed by atoms with Crippen LogP contribution in [-0.4, -0.2) is 28.1 Å². The minimum Gasteiger partial charge on any atom is -0.480 e. The van der Waals surface area contributed by atoms with Gasteiger partial charge in [0, 0.05) is 12.6 Å². The first-order chi connectivity index (χ1) is 10.1. The molecule has 1 aromatic rings. The third-order valence-electron chi connectivity index (χ3n) is 5.24. The molecule has 0 bridgehead atoms. The van der Waals surface area contributed by atoms with Crippen molar-refractivity contribution >= 4 is 5.97 Å². The van der Waals surface area contributed by atoms with Gasteiger partial charge in [-0.25, -0.2) is 0 Å². The number of aliphatic carboxylic acids is 1. The van der Waals surface area contributed by atoms with E-state index in [1.54, 1.807) is 0 Å². The van der Waals surface area contributed by atoms with Crippen LogP contribution in [0.1, 0.15) is 49.7 Å². The van der Waals surface area contributed by atoms with Crippen molar-refractivity contribution in [1.82, 2.24) is 4.90 Å². The Bertz CT molecular complexity index is 514. The number of carbonyl (C=O) groups is 1. The molecule has 1 saturated carbocycles. The number of aryl methyl sites for hydroxylation is 1. The van der Waals surface area contributed by atoms with Gasteiger partial charge in [0.2, 0.25) is 0 Å². The summed E-state index contributed by atoms with van der Waals surface area (Å²) in [7, 11) is 0. The Morgan fingerprint density at radius 3 is 2.81 bits per heavy atom. The Morgan fingerprint density at radius 1 is 1.24 bits per heavy atom.